The van der Waals surface area contributed by atoms with Gasteiger partial charge in [-0.05, 0) is 24.5 Å². The molecule has 0 aromatic heterocycles. The average molecular weight is 287 g/mol. The number of hydrogen-bond acceptors (Lipinski definition) is 4. The van der Waals surface area contributed by atoms with Crippen molar-refractivity contribution in [1.29, 1.82) is 0 Å². The number of hydrogen-bond donors (Lipinski definition) is 2. The molecule has 1 aliphatic heterocycles. The second kappa shape index (κ2) is 6.20. The van der Waals surface area contributed by atoms with Crippen molar-refractivity contribution in [3.05, 3.63) is 17.2 Å². The molecule has 1 heterocycles. The van der Waals surface area contributed by atoms with E-state index in [1.165, 1.54) is 0 Å². The van der Waals surface area contributed by atoms with E-state index in [-0.39, 0.29) is 12.5 Å². The van der Waals surface area contributed by atoms with Crippen LogP contribution in [0.15, 0.2) is 12.1 Å². The molecule has 1 aliphatic rings. The molecule has 1 aromatic rings. The number of fused-ring (bicyclic) bond motifs is 1. The topological polar surface area (TPSA) is 50.4 Å². The summed E-state index contributed by atoms with van der Waals surface area (Å²) in [7, 11) is 0. The van der Waals surface area contributed by atoms with Gasteiger partial charge in [0.2, 0.25) is 0 Å². The van der Waals surface area contributed by atoms with Gasteiger partial charge in [0.25, 0.3) is 5.91 Å². The molecule has 0 unspecified atom stereocenters. The SMILES string of the molecule is CSCCCNc1cc2c(cc1Cl)NC(=O)CO2. The minimum absolute atomic E-state index is 0.0561. The van der Waals surface area contributed by atoms with Gasteiger partial charge in [-0.25, -0.2) is 0 Å². The Hall–Kier alpha value is -1.07. The Bertz CT molecular complexity index is 454. The predicted octanol–water partition coefficient (Wildman–Crippen LogP) is 2.84. The number of rotatable bonds is 5. The maximum atomic E-state index is 11.2. The second-order valence-corrected chi connectivity index (χ2v) is 5.33. The van der Waals surface area contributed by atoms with Crippen molar-refractivity contribution in [2.24, 2.45) is 0 Å². The number of anilines is 2. The third-order valence-corrected chi connectivity index (χ3v) is 3.55. The summed E-state index contributed by atoms with van der Waals surface area (Å²) in [5.74, 6) is 1.62. The van der Waals surface area contributed by atoms with Gasteiger partial charge >= 0.3 is 0 Å². The lowest BCUT2D eigenvalue weighted by atomic mass is 10.2. The normalized spacial score (nSPS) is 13.6. The van der Waals surface area contributed by atoms with Crippen LogP contribution < -0.4 is 15.4 Å². The minimum Gasteiger partial charge on any atom is -0.482 e. The molecule has 4 nitrogen and oxygen atoms in total. The number of amides is 1. The maximum Gasteiger partial charge on any atom is 0.262 e. The average Bonchev–Trinajstić information content (AvgIpc) is 2.35. The number of carbonyl (C=O) groups excluding carboxylic acids is 1. The molecule has 0 radical (unpaired) electrons. The molecule has 6 heteroatoms. The van der Waals surface area contributed by atoms with E-state index in [1.807, 2.05) is 17.8 Å². The third-order valence-electron chi connectivity index (χ3n) is 2.54. The molecule has 1 aromatic carbocycles. The molecule has 2 N–H and O–H groups in total. The first-order valence-corrected chi connectivity index (χ1v) is 7.47. The molecule has 0 bridgehead atoms. The monoisotopic (exact) mass is 286 g/mol. The molecule has 0 saturated carbocycles. The highest BCUT2D eigenvalue weighted by atomic mass is 35.5. The van der Waals surface area contributed by atoms with Gasteiger partial charge in [0.15, 0.2) is 6.61 Å². The molecule has 98 valence electrons. The summed E-state index contributed by atoms with van der Waals surface area (Å²) < 4.78 is 5.34. The van der Waals surface area contributed by atoms with Crippen molar-refractivity contribution in [2.75, 3.05) is 35.8 Å². The summed E-state index contributed by atoms with van der Waals surface area (Å²) in [4.78, 5) is 11.2. The Labute approximate surface area is 115 Å². The molecule has 0 spiro atoms. The van der Waals surface area contributed by atoms with Crippen molar-refractivity contribution in [3.63, 3.8) is 0 Å². The highest BCUT2D eigenvalue weighted by Crippen LogP contribution is 2.36. The largest absolute Gasteiger partial charge is 0.482 e. The van der Waals surface area contributed by atoms with Gasteiger partial charge in [0.1, 0.15) is 5.75 Å². The Morgan fingerprint density at radius 3 is 3.17 bits per heavy atom. The zero-order valence-electron chi connectivity index (χ0n) is 10.1. The molecular formula is C12H15ClN2O2S. The zero-order valence-corrected chi connectivity index (χ0v) is 11.7. The summed E-state index contributed by atoms with van der Waals surface area (Å²) in [5, 5.41) is 6.58. The van der Waals surface area contributed by atoms with E-state index in [0.29, 0.717) is 16.5 Å². The number of halogens is 1. The first-order chi connectivity index (χ1) is 8.70. The fourth-order valence-corrected chi connectivity index (χ4v) is 2.34. The fourth-order valence-electron chi connectivity index (χ4n) is 1.68. The van der Waals surface area contributed by atoms with E-state index in [4.69, 9.17) is 16.3 Å². The van der Waals surface area contributed by atoms with E-state index >= 15 is 0 Å². The Kier molecular flexibility index (Phi) is 4.60. The molecule has 0 fully saturated rings. The van der Waals surface area contributed by atoms with Crippen LogP contribution in [0.25, 0.3) is 0 Å². The van der Waals surface area contributed by atoms with E-state index in [2.05, 4.69) is 16.9 Å². The van der Waals surface area contributed by atoms with Crippen LogP contribution in [0.2, 0.25) is 5.02 Å². The van der Waals surface area contributed by atoms with Gasteiger partial charge < -0.3 is 15.4 Å². The quantitative estimate of drug-likeness (QED) is 0.817. The van der Waals surface area contributed by atoms with Crippen LogP contribution in [0.4, 0.5) is 11.4 Å². The number of nitrogens with one attached hydrogen (secondary N) is 2. The van der Waals surface area contributed by atoms with Crippen LogP contribution in [0.3, 0.4) is 0 Å². The number of carbonyl (C=O) groups is 1. The summed E-state index contributed by atoms with van der Waals surface area (Å²) >= 11 is 7.97. The standard InChI is InChI=1S/C12H15ClN2O2S/c1-18-4-2-3-14-9-6-11-10(5-8(9)13)15-12(16)7-17-11/h5-6,14H,2-4,7H2,1H3,(H,15,16). The van der Waals surface area contributed by atoms with Crippen molar-refractivity contribution < 1.29 is 9.53 Å². The second-order valence-electron chi connectivity index (χ2n) is 3.94. The third kappa shape index (κ3) is 3.23. The lowest BCUT2D eigenvalue weighted by molar-refractivity contribution is -0.118. The summed E-state index contributed by atoms with van der Waals surface area (Å²) in [6.45, 7) is 0.923. The van der Waals surface area contributed by atoms with Crippen molar-refractivity contribution in [2.45, 2.75) is 6.42 Å². The minimum atomic E-state index is -0.153. The number of thioether (sulfide) groups is 1. The van der Waals surface area contributed by atoms with Crippen LogP contribution >= 0.6 is 23.4 Å². The van der Waals surface area contributed by atoms with E-state index < -0.39 is 0 Å². The smallest absolute Gasteiger partial charge is 0.262 e. The molecular weight excluding hydrogens is 272 g/mol. The maximum absolute atomic E-state index is 11.2. The molecule has 0 aliphatic carbocycles. The number of ether oxygens (including phenoxy) is 1. The van der Waals surface area contributed by atoms with E-state index in [1.54, 1.807) is 6.07 Å². The van der Waals surface area contributed by atoms with Crippen LogP contribution in [-0.4, -0.2) is 31.1 Å². The van der Waals surface area contributed by atoms with Crippen LogP contribution in [0, 0.1) is 0 Å². The van der Waals surface area contributed by atoms with Crippen LogP contribution in [-0.2, 0) is 4.79 Å². The molecule has 1 amide bonds. The zero-order chi connectivity index (χ0) is 13.0. The van der Waals surface area contributed by atoms with Crippen molar-refractivity contribution in [1.82, 2.24) is 0 Å². The molecule has 0 saturated heterocycles. The Balaban J connectivity index is 2.05. The van der Waals surface area contributed by atoms with Crippen LogP contribution in [0.1, 0.15) is 6.42 Å². The highest BCUT2D eigenvalue weighted by molar-refractivity contribution is 7.98. The summed E-state index contributed by atoms with van der Waals surface area (Å²) in [5.41, 5.74) is 1.47. The number of benzene rings is 1. The Morgan fingerprint density at radius 1 is 1.56 bits per heavy atom. The van der Waals surface area contributed by atoms with Gasteiger partial charge in [-0.3, -0.25) is 4.79 Å². The van der Waals surface area contributed by atoms with Gasteiger partial charge in [0, 0.05) is 12.6 Å². The molecule has 18 heavy (non-hydrogen) atoms. The highest BCUT2D eigenvalue weighted by Gasteiger charge is 2.17. The van der Waals surface area contributed by atoms with E-state index in [0.717, 1.165) is 24.4 Å². The molecule has 0 atom stereocenters. The molecule has 2 rings (SSSR count). The fraction of sp³-hybridized carbons (Fsp3) is 0.417. The van der Waals surface area contributed by atoms with Gasteiger partial charge in [-0.1, -0.05) is 11.6 Å². The van der Waals surface area contributed by atoms with Gasteiger partial charge in [0.05, 0.1) is 16.4 Å². The summed E-state index contributed by atoms with van der Waals surface area (Å²) in [6.07, 6.45) is 3.16. The van der Waals surface area contributed by atoms with Gasteiger partial charge in [-0.2, -0.15) is 11.8 Å². The van der Waals surface area contributed by atoms with Gasteiger partial charge in [-0.15, -0.1) is 0 Å². The summed E-state index contributed by atoms with van der Waals surface area (Å²) in [6, 6.07) is 3.54. The Morgan fingerprint density at radius 2 is 2.39 bits per heavy atom. The van der Waals surface area contributed by atoms with E-state index in [9.17, 15) is 4.79 Å². The lowest BCUT2D eigenvalue weighted by Gasteiger charge is -2.20. The lowest BCUT2D eigenvalue weighted by Crippen LogP contribution is -2.25. The first-order valence-electron chi connectivity index (χ1n) is 5.69. The predicted molar refractivity (Wildman–Crippen MR) is 77.1 cm³/mol. The first kappa shape index (κ1) is 13.4. The van der Waals surface area contributed by atoms with Crippen molar-refractivity contribution >= 4 is 40.6 Å². The van der Waals surface area contributed by atoms with Crippen LogP contribution in [0.5, 0.6) is 5.75 Å². The van der Waals surface area contributed by atoms with Crippen molar-refractivity contribution in [3.8, 4) is 5.75 Å².